The Morgan fingerprint density at radius 1 is 0.286 bits per heavy atom. The van der Waals surface area contributed by atoms with Crippen LogP contribution in [0.2, 0.25) is 0 Å². The fourth-order valence-electron chi connectivity index (χ4n) is 7.85. The van der Waals surface area contributed by atoms with Crippen molar-refractivity contribution in [3.8, 4) is 0 Å². The number of ether oxygens (including phenoxy) is 7. The van der Waals surface area contributed by atoms with E-state index in [4.69, 9.17) is 33.2 Å². The summed E-state index contributed by atoms with van der Waals surface area (Å²) in [7, 11) is 0. The Hall–Kier alpha value is -0.800. The van der Waals surface area contributed by atoms with Crippen LogP contribution in [0.1, 0.15) is 273 Å². The first-order valence-electron chi connectivity index (χ1n) is 27.8. The minimum absolute atomic E-state index is 0.174. The van der Waals surface area contributed by atoms with Crippen LogP contribution in [0, 0.1) is 0 Å². The third kappa shape index (κ3) is 47.5. The molecule has 2 atom stereocenters. The number of allylic oxidation sites excluding steroid dienone is 2. The van der Waals surface area contributed by atoms with E-state index in [0.717, 1.165) is 77.8 Å². The monoisotopic (exact) mass is 895 g/mol. The standard InChI is InChI=1S/C56H110O7/c1-7-13-17-21-25-29-33-41-49-59-53(60-50-42-34-30-26-22-18-14-8-2)45-37-39-47-55(57-11-5)63-56(58-12-6)48-40-38-46-54(61-51-43-35-31-27-23-19-15-9-3)62-52-44-36-32-28-24-20-16-10-4/h39-40,47-48,53-56H,7-38,41-46,49-52H2,1-6H3. The third-order valence-corrected chi connectivity index (χ3v) is 11.9. The molecule has 0 rings (SSSR count). The maximum absolute atomic E-state index is 6.34. The molecule has 0 N–H and O–H groups in total. The summed E-state index contributed by atoms with van der Waals surface area (Å²) in [4.78, 5) is 0. The van der Waals surface area contributed by atoms with E-state index >= 15 is 0 Å². The Kier molecular flexibility index (Phi) is 53.1. The maximum atomic E-state index is 6.34. The molecular formula is C56H110O7. The van der Waals surface area contributed by atoms with Crippen molar-refractivity contribution in [3.63, 3.8) is 0 Å². The van der Waals surface area contributed by atoms with Crippen LogP contribution in [0.25, 0.3) is 0 Å². The van der Waals surface area contributed by atoms with E-state index in [9.17, 15) is 0 Å². The van der Waals surface area contributed by atoms with E-state index in [0.29, 0.717) is 13.2 Å². The molecule has 0 radical (unpaired) electrons. The van der Waals surface area contributed by atoms with Crippen molar-refractivity contribution in [1.82, 2.24) is 0 Å². The molecule has 0 aliphatic heterocycles. The summed E-state index contributed by atoms with van der Waals surface area (Å²) in [5, 5.41) is 0. The molecule has 0 aromatic carbocycles. The van der Waals surface area contributed by atoms with Gasteiger partial charge in [-0.3, -0.25) is 0 Å². The molecular weight excluding hydrogens is 785 g/mol. The van der Waals surface area contributed by atoms with Crippen molar-refractivity contribution in [3.05, 3.63) is 24.3 Å². The van der Waals surface area contributed by atoms with Crippen LogP contribution >= 0.6 is 0 Å². The summed E-state index contributed by atoms with van der Waals surface area (Å²) in [5.41, 5.74) is 0. The first kappa shape index (κ1) is 62.2. The molecule has 0 spiro atoms. The van der Waals surface area contributed by atoms with E-state index in [1.165, 1.54) is 180 Å². The van der Waals surface area contributed by atoms with Crippen molar-refractivity contribution in [1.29, 1.82) is 0 Å². The average Bonchev–Trinajstić information content (AvgIpc) is 3.28. The van der Waals surface area contributed by atoms with Crippen molar-refractivity contribution in [2.24, 2.45) is 0 Å². The highest BCUT2D eigenvalue weighted by molar-refractivity contribution is 4.90. The van der Waals surface area contributed by atoms with E-state index in [1.54, 1.807) is 0 Å². The quantitative estimate of drug-likeness (QED) is 0.0342. The number of hydrogen-bond donors (Lipinski definition) is 0. The summed E-state index contributed by atoms with van der Waals surface area (Å²) in [6, 6.07) is 0. The van der Waals surface area contributed by atoms with Crippen LogP contribution in [0.15, 0.2) is 24.3 Å². The molecule has 0 aromatic rings. The van der Waals surface area contributed by atoms with Crippen molar-refractivity contribution >= 4 is 0 Å². The van der Waals surface area contributed by atoms with Gasteiger partial charge in [-0.1, -0.05) is 220 Å². The van der Waals surface area contributed by atoms with Crippen LogP contribution < -0.4 is 0 Å². The molecule has 0 saturated carbocycles. The minimum atomic E-state index is -0.496. The third-order valence-electron chi connectivity index (χ3n) is 11.9. The SMILES string of the molecule is CCCCCCCCCCOC(CCC=CC(OCC)OC(C=CCCC(OCCCCCCCCCC)OCCCCCCCCCC)OCC)OCCCCCCCCCC. The zero-order valence-electron chi connectivity index (χ0n) is 43.2. The lowest BCUT2D eigenvalue weighted by molar-refractivity contribution is -0.204. The van der Waals surface area contributed by atoms with Crippen molar-refractivity contribution in [2.45, 2.75) is 298 Å². The largest absolute Gasteiger partial charge is 0.353 e. The van der Waals surface area contributed by atoms with Crippen LogP contribution in [-0.2, 0) is 33.2 Å². The Balaban J connectivity index is 5.05. The fraction of sp³-hybridized carbons (Fsp3) is 0.929. The molecule has 0 fully saturated rings. The Morgan fingerprint density at radius 3 is 0.762 bits per heavy atom. The summed E-state index contributed by atoms with van der Waals surface area (Å²) in [6.07, 6.45) is 51.9. The van der Waals surface area contributed by atoms with E-state index in [-0.39, 0.29) is 12.6 Å². The summed E-state index contributed by atoms with van der Waals surface area (Å²) in [5.74, 6) is 0. The Labute approximate surface area is 393 Å². The second kappa shape index (κ2) is 53.8. The lowest BCUT2D eigenvalue weighted by Crippen LogP contribution is -2.24. The normalized spacial score (nSPS) is 13.2. The minimum Gasteiger partial charge on any atom is -0.353 e. The first-order chi connectivity index (χ1) is 31.1. The van der Waals surface area contributed by atoms with Crippen LogP contribution in [0.3, 0.4) is 0 Å². The second-order valence-electron chi connectivity index (χ2n) is 18.0. The van der Waals surface area contributed by atoms with Gasteiger partial charge in [0.2, 0.25) is 0 Å². The van der Waals surface area contributed by atoms with Gasteiger partial charge in [0.05, 0.1) is 0 Å². The van der Waals surface area contributed by atoms with Crippen LogP contribution in [0.4, 0.5) is 0 Å². The molecule has 7 nitrogen and oxygen atoms in total. The molecule has 376 valence electrons. The van der Waals surface area contributed by atoms with Gasteiger partial charge in [-0.15, -0.1) is 0 Å². The van der Waals surface area contributed by atoms with Gasteiger partial charge in [0, 0.05) is 52.5 Å². The zero-order chi connectivity index (χ0) is 45.8. The predicted octanol–water partition coefficient (Wildman–Crippen LogP) is 17.7. The smallest absolute Gasteiger partial charge is 0.180 e. The fourth-order valence-corrected chi connectivity index (χ4v) is 7.85. The number of hydrogen-bond acceptors (Lipinski definition) is 7. The van der Waals surface area contributed by atoms with Gasteiger partial charge in [-0.05, 0) is 64.5 Å². The summed E-state index contributed by atoms with van der Waals surface area (Å²) < 4.78 is 43.6. The van der Waals surface area contributed by atoms with Crippen molar-refractivity contribution < 1.29 is 33.2 Å². The zero-order valence-corrected chi connectivity index (χ0v) is 43.2. The molecule has 7 heteroatoms. The van der Waals surface area contributed by atoms with Gasteiger partial charge in [-0.2, -0.15) is 0 Å². The Morgan fingerprint density at radius 2 is 0.524 bits per heavy atom. The topological polar surface area (TPSA) is 64.6 Å². The van der Waals surface area contributed by atoms with Gasteiger partial charge in [0.15, 0.2) is 25.2 Å². The van der Waals surface area contributed by atoms with Gasteiger partial charge >= 0.3 is 0 Å². The van der Waals surface area contributed by atoms with Gasteiger partial charge < -0.3 is 33.2 Å². The highest BCUT2D eigenvalue weighted by Gasteiger charge is 2.14. The summed E-state index contributed by atoms with van der Waals surface area (Å²) in [6.45, 7) is 17.3. The van der Waals surface area contributed by atoms with Gasteiger partial charge in [-0.25, -0.2) is 0 Å². The molecule has 0 aromatic heterocycles. The maximum Gasteiger partial charge on any atom is 0.180 e. The average molecular weight is 895 g/mol. The first-order valence-corrected chi connectivity index (χ1v) is 27.8. The predicted molar refractivity (Wildman–Crippen MR) is 270 cm³/mol. The molecule has 2 unspecified atom stereocenters. The number of unbranched alkanes of at least 4 members (excludes halogenated alkanes) is 28. The van der Waals surface area contributed by atoms with Crippen molar-refractivity contribution in [2.75, 3.05) is 39.6 Å². The molecule has 0 amide bonds. The van der Waals surface area contributed by atoms with Crippen LogP contribution in [0.5, 0.6) is 0 Å². The Bertz CT molecular complexity index is 783. The molecule has 63 heavy (non-hydrogen) atoms. The molecule has 0 aliphatic carbocycles. The highest BCUT2D eigenvalue weighted by atomic mass is 16.8. The molecule has 0 heterocycles. The highest BCUT2D eigenvalue weighted by Crippen LogP contribution is 2.16. The van der Waals surface area contributed by atoms with Gasteiger partial charge in [0.1, 0.15) is 0 Å². The molecule has 0 bridgehead atoms. The lowest BCUT2D eigenvalue weighted by Gasteiger charge is -2.21. The van der Waals surface area contributed by atoms with Crippen LogP contribution in [-0.4, -0.2) is 64.8 Å². The van der Waals surface area contributed by atoms with E-state index in [1.807, 2.05) is 26.0 Å². The number of rotatable bonds is 54. The summed E-state index contributed by atoms with van der Waals surface area (Å²) >= 11 is 0. The second-order valence-corrected chi connectivity index (χ2v) is 18.0. The van der Waals surface area contributed by atoms with E-state index < -0.39 is 12.6 Å². The molecule has 0 saturated heterocycles. The van der Waals surface area contributed by atoms with Gasteiger partial charge in [0.25, 0.3) is 0 Å². The van der Waals surface area contributed by atoms with E-state index in [2.05, 4.69) is 39.8 Å². The lowest BCUT2D eigenvalue weighted by atomic mass is 10.1. The molecule has 0 aliphatic rings.